The van der Waals surface area contributed by atoms with E-state index in [0.717, 1.165) is 6.26 Å². The van der Waals surface area contributed by atoms with E-state index in [1.54, 1.807) is 0 Å². The second-order valence-electron chi connectivity index (χ2n) is 1.72. The van der Waals surface area contributed by atoms with Crippen molar-refractivity contribution in [1.82, 2.24) is 0 Å². The summed E-state index contributed by atoms with van der Waals surface area (Å²) in [6.45, 7) is 5.31. The Morgan fingerprint density at radius 2 is 2.08 bits per heavy atom. The van der Waals surface area contributed by atoms with Crippen molar-refractivity contribution in [2.45, 2.75) is 6.92 Å². The lowest BCUT2D eigenvalue weighted by atomic mass is 10.8. The third-order valence-corrected chi connectivity index (χ3v) is 0.772. The van der Waals surface area contributed by atoms with Gasteiger partial charge < -0.3 is 14.2 Å². The summed E-state index contributed by atoms with van der Waals surface area (Å²) in [5.41, 5.74) is 0. The summed E-state index contributed by atoms with van der Waals surface area (Å²) in [6, 6.07) is 0. The molecular weight excluding hydrogens is 164 g/mol. The van der Waals surface area contributed by atoms with Crippen LogP contribution in [-0.4, -0.2) is 25.3 Å². The Morgan fingerprint density at radius 3 is 2.17 bits per heavy atom. The molecule has 12 heavy (non-hydrogen) atoms. The quantitative estimate of drug-likeness (QED) is 0.435. The van der Waals surface area contributed by atoms with Crippen LogP contribution in [-0.2, 0) is 19.0 Å². The highest BCUT2D eigenvalue weighted by Gasteiger charge is 2.09. The van der Waals surface area contributed by atoms with Gasteiger partial charge in [-0.25, -0.2) is 4.79 Å². The minimum absolute atomic E-state index is 0.329. The van der Waals surface area contributed by atoms with Gasteiger partial charge in [-0.1, -0.05) is 6.58 Å². The molecule has 1 aliphatic heterocycles. The van der Waals surface area contributed by atoms with Gasteiger partial charge in [0.25, 0.3) is 0 Å². The minimum atomic E-state index is -0.546. The Balaban J connectivity index is 0.000000202. The smallest absolute Gasteiger partial charge is 0.435 e. The average molecular weight is 174 g/mol. The van der Waals surface area contributed by atoms with Crippen molar-refractivity contribution in [3.05, 3.63) is 12.8 Å². The molecule has 5 nitrogen and oxygen atoms in total. The Kier molecular flexibility index (Phi) is 5.42. The predicted octanol–water partition coefficient (Wildman–Crippen LogP) is 0.846. The van der Waals surface area contributed by atoms with E-state index in [1.165, 1.54) is 6.92 Å². The minimum Gasteiger partial charge on any atom is -0.435 e. The van der Waals surface area contributed by atoms with E-state index in [2.05, 4.69) is 20.8 Å². The Morgan fingerprint density at radius 1 is 1.58 bits per heavy atom. The van der Waals surface area contributed by atoms with Crippen LogP contribution in [0.2, 0.25) is 0 Å². The number of rotatable bonds is 1. The number of ether oxygens (including phenoxy) is 3. The van der Waals surface area contributed by atoms with E-state index in [0.29, 0.717) is 13.2 Å². The molecule has 0 radical (unpaired) electrons. The lowest BCUT2D eigenvalue weighted by molar-refractivity contribution is -0.135. The fraction of sp³-hybridized carbons (Fsp3) is 0.429. The summed E-state index contributed by atoms with van der Waals surface area (Å²) in [5.74, 6) is -0.329. The van der Waals surface area contributed by atoms with Gasteiger partial charge in [0.2, 0.25) is 0 Å². The molecule has 1 saturated heterocycles. The van der Waals surface area contributed by atoms with Crippen LogP contribution < -0.4 is 0 Å². The van der Waals surface area contributed by atoms with Crippen LogP contribution in [0, 0.1) is 0 Å². The van der Waals surface area contributed by atoms with E-state index < -0.39 is 6.16 Å². The molecule has 0 N–H and O–H groups in total. The molecule has 0 aromatic heterocycles. The van der Waals surface area contributed by atoms with Crippen LogP contribution in [0.15, 0.2) is 12.8 Å². The third kappa shape index (κ3) is 6.60. The number of esters is 1. The molecule has 5 heteroatoms. The standard InChI is InChI=1S/C4H6O2.C3H4O3/c1-3-6-4(2)5;4-3-5-1-2-6-3/h3H,1H2,2H3;1-2H2. The van der Waals surface area contributed by atoms with Crippen molar-refractivity contribution in [2.24, 2.45) is 0 Å². The molecule has 0 amide bonds. The van der Waals surface area contributed by atoms with Gasteiger partial charge in [-0.15, -0.1) is 0 Å². The van der Waals surface area contributed by atoms with Crippen LogP contribution in [0.5, 0.6) is 0 Å². The van der Waals surface area contributed by atoms with Crippen molar-refractivity contribution in [3.8, 4) is 0 Å². The van der Waals surface area contributed by atoms with Gasteiger partial charge in [-0.2, -0.15) is 0 Å². The third-order valence-electron chi connectivity index (χ3n) is 0.772. The fourth-order valence-corrected chi connectivity index (χ4v) is 0.409. The van der Waals surface area contributed by atoms with E-state index >= 15 is 0 Å². The molecule has 0 aliphatic carbocycles. The van der Waals surface area contributed by atoms with Gasteiger partial charge in [0.05, 0.1) is 6.26 Å². The summed E-state index contributed by atoms with van der Waals surface area (Å²) in [5, 5.41) is 0. The van der Waals surface area contributed by atoms with Crippen molar-refractivity contribution >= 4 is 12.1 Å². The summed E-state index contributed by atoms with van der Waals surface area (Å²) in [6.07, 6.45) is 0.553. The lowest BCUT2D eigenvalue weighted by Crippen LogP contribution is -1.88. The second-order valence-corrected chi connectivity index (χ2v) is 1.72. The van der Waals surface area contributed by atoms with Crippen molar-refractivity contribution < 1.29 is 23.8 Å². The first-order valence-electron chi connectivity index (χ1n) is 3.24. The fourth-order valence-electron chi connectivity index (χ4n) is 0.409. The van der Waals surface area contributed by atoms with Crippen LogP contribution in [0.25, 0.3) is 0 Å². The Labute approximate surface area is 69.9 Å². The van der Waals surface area contributed by atoms with Gasteiger partial charge in [0.1, 0.15) is 13.2 Å². The zero-order chi connectivity index (χ0) is 9.40. The molecule has 1 aliphatic rings. The normalized spacial score (nSPS) is 13.2. The first-order chi connectivity index (χ1) is 5.66. The van der Waals surface area contributed by atoms with Gasteiger partial charge in [0, 0.05) is 6.92 Å². The maximum absolute atomic E-state index is 9.80. The van der Waals surface area contributed by atoms with Crippen LogP contribution in [0.3, 0.4) is 0 Å². The van der Waals surface area contributed by atoms with Crippen molar-refractivity contribution in [1.29, 1.82) is 0 Å². The number of carbonyl (C=O) groups excluding carboxylic acids is 2. The largest absolute Gasteiger partial charge is 0.508 e. The predicted molar refractivity (Wildman–Crippen MR) is 39.3 cm³/mol. The highest BCUT2D eigenvalue weighted by molar-refractivity contribution is 5.66. The highest BCUT2D eigenvalue weighted by atomic mass is 16.8. The molecule has 68 valence electrons. The average Bonchev–Trinajstić information content (AvgIpc) is 2.40. The maximum Gasteiger partial charge on any atom is 0.508 e. The molecule has 0 aromatic rings. The van der Waals surface area contributed by atoms with Crippen LogP contribution in [0.1, 0.15) is 6.92 Å². The number of carbonyl (C=O) groups is 2. The monoisotopic (exact) mass is 174 g/mol. The van der Waals surface area contributed by atoms with Gasteiger partial charge >= 0.3 is 12.1 Å². The first kappa shape index (κ1) is 10.5. The van der Waals surface area contributed by atoms with Crippen LogP contribution >= 0.6 is 0 Å². The SMILES string of the molecule is C=COC(C)=O.O=C1OCCO1. The molecule has 1 rings (SSSR count). The van der Waals surface area contributed by atoms with Crippen molar-refractivity contribution in [3.63, 3.8) is 0 Å². The molecule has 1 heterocycles. The number of hydrogen-bond donors (Lipinski definition) is 0. The zero-order valence-electron chi connectivity index (χ0n) is 6.74. The van der Waals surface area contributed by atoms with E-state index in [1.807, 2.05) is 0 Å². The topological polar surface area (TPSA) is 61.8 Å². The highest BCUT2D eigenvalue weighted by Crippen LogP contribution is 1.92. The Bertz CT molecular complexity index is 167. The summed E-state index contributed by atoms with van der Waals surface area (Å²) in [4.78, 5) is 19.5. The molecule has 0 atom stereocenters. The molecule has 0 bridgehead atoms. The van der Waals surface area contributed by atoms with Crippen molar-refractivity contribution in [2.75, 3.05) is 13.2 Å². The van der Waals surface area contributed by atoms with Gasteiger partial charge in [-0.05, 0) is 0 Å². The lowest BCUT2D eigenvalue weighted by Gasteiger charge is -1.83. The first-order valence-corrected chi connectivity index (χ1v) is 3.24. The summed E-state index contributed by atoms with van der Waals surface area (Å²) >= 11 is 0. The molecule has 1 fully saturated rings. The van der Waals surface area contributed by atoms with E-state index in [4.69, 9.17) is 0 Å². The molecule has 0 spiro atoms. The van der Waals surface area contributed by atoms with E-state index in [9.17, 15) is 9.59 Å². The van der Waals surface area contributed by atoms with E-state index in [-0.39, 0.29) is 5.97 Å². The molecule has 0 unspecified atom stereocenters. The zero-order valence-corrected chi connectivity index (χ0v) is 6.74. The molecule has 0 aromatic carbocycles. The number of cyclic esters (lactones) is 2. The molecule has 0 saturated carbocycles. The maximum atomic E-state index is 9.80. The van der Waals surface area contributed by atoms with Gasteiger partial charge in [0.15, 0.2) is 0 Å². The number of hydrogen-bond acceptors (Lipinski definition) is 5. The summed E-state index contributed by atoms with van der Waals surface area (Å²) < 4.78 is 12.8. The van der Waals surface area contributed by atoms with Gasteiger partial charge in [-0.3, -0.25) is 4.79 Å². The molecular formula is C7H10O5. The van der Waals surface area contributed by atoms with Crippen LogP contribution in [0.4, 0.5) is 4.79 Å². The second kappa shape index (κ2) is 6.21. The Hall–Kier alpha value is -1.52. The summed E-state index contributed by atoms with van der Waals surface area (Å²) in [7, 11) is 0.